The molecule has 1 N–H and O–H groups in total. The van der Waals surface area contributed by atoms with Crippen LogP contribution in [0, 0.1) is 0 Å². The fourth-order valence-corrected chi connectivity index (χ4v) is 1.63. The molecule has 0 bridgehead atoms. The Bertz CT molecular complexity index is 227. The standard InChI is InChI=1S/C10H17NO3/c1-7(12)5-10(13)11-9-3-4-14-8(2)6-9/h8-9H,3-6H2,1-2H3,(H,11,13). The van der Waals surface area contributed by atoms with Gasteiger partial charge in [0, 0.05) is 12.6 Å². The molecule has 1 saturated heterocycles. The molecular weight excluding hydrogens is 182 g/mol. The zero-order valence-electron chi connectivity index (χ0n) is 8.71. The molecule has 2 atom stereocenters. The van der Waals surface area contributed by atoms with E-state index in [0.29, 0.717) is 6.61 Å². The minimum absolute atomic E-state index is 0.00820. The van der Waals surface area contributed by atoms with Gasteiger partial charge in [0.1, 0.15) is 5.78 Å². The second-order valence-electron chi connectivity index (χ2n) is 3.85. The third-order valence-electron chi connectivity index (χ3n) is 2.26. The molecule has 80 valence electrons. The number of nitrogens with one attached hydrogen (secondary N) is 1. The third-order valence-corrected chi connectivity index (χ3v) is 2.26. The first-order valence-corrected chi connectivity index (χ1v) is 4.98. The van der Waals surface area contributed by atoms with Crippen LogP contribution in [0.1, 0.15) is 33.1 Å². The largest absolute Gasteiger partial charge is 0.378 e. The molecule has 0 aliphatic carbocycles. The van der Waals surface area contributed by atoms with Crippen molar-refractivity contribution in [2.24, 2.45) is 0 Å². The van der Waals surface area contributed by atoms with E-state index < -0.39 is 0 Å². The topological polar surface area (TPSA) is 55.4 Å². The molecule has 4 nitrogen and oxygen atoms in total. The Kier molecular flexibility index (Phi) is 4.07. The second-order valence-corrected chi connectivity index (χ2v) is 3.85. The van der Waals surface area contributed by atoms with Crippen molar-refractivity contribution in [1.29, 1.82) is 0 Å². The van der Waals surface area contributed by atoms with Crippen LogP contribution in [0.5, 0.6) is 0 Å². The lowest BCUT2D eigenvalue weighted by Gasteiger charge is -2.27. The number of carbonyl (C=O) groups excluding carboxylic acids is 2. The number of ketones is 1. The summed E-state index contributed by atoms with van der Waals surface area (Å²) in [5.74, 6) is -0.265. The quantitative estimate of drug-likeness (QED) is 0.679. The van der Waals surface area contributed by atoms with Gasteiger partial charge in [-0.05, 0) is 26.7 Å². The Hall–Kier alpha value is -0.900. The molecule has 1 aliphatic heterocycles. The molecule has 1 rings (SSSR count). The maximum Gasteiger partial charge on any atom is 0.227 e. The molecule has 0 aromatic heterocycles. The third kappa shape index (κ3) is 3.87. The Morgan fingerprint density at radius 2 is 2.21 bits per heavy atom. The Morgan fingerprint density at radius 1 is 1.50 bits per heavy atom. The molecule has 0 radical (unpaired) electrons. The highest BCUT2D eigenvalue weighted by Gasteiger charge is 2.20. The van der Waals surface area contributed by atoms with Crippen LogP contribution in [0.2, 0.25) is 0 Å². The Labute approximate surface area is 84.0 Å². The van der Waals surface area contributed by atoms with Crippen LogP contribution in [0.3, 0.4) is 0 Å². The van der Waals surface area contributed by atoms with E-state index in [0.717, 1.165) is 12.8 Å². The van der Waals surface area contributed by atoms with E-state index in [2.05, 4.69) is 5.32 Å². The van der Waals surface area contributed by atoms with Crippen molar-refractivity contribution < 1.29 is 14.3 Å². The van der Waals surface area contributed by atoms with E-state index in [-0.39, 0.29) is 30.3 Å². The molecule has 4 heteroatoms. The molecule has 0 aromatic carbocycles. The summed E-state index contributed by atoms with van der Waals surface area (Å²) in [6, 6.07) is 0.172. The molecule has 14 heavy (non-hydrogen) atoms. The van der Waals surface area contributed by atoms with E-state index in [1.807, 2.05) is 6.92 Å². The van der Waals surface area contributed by atoms with Crippen LogP contribution in [0.4, 0.5) is 0 Å². The van der Waals surface area contributed by atoms with Crippen LogP contribution in [0.15, 0.2) is 0 Å². The molecular formula is C10H17NO3. The number of rotatable bonds is 3. The highest BCUT2D eigenvalue weighted by Crippen LogP contribution is 2.13. The van der Waals surface area contributed by atoms with Gasteiger partial charge in [0.15, 0.2) is 0 Å². The van der Waals surface area contributed by atoms with E-state index in [1.54, 1.807) is 0 Å². The Balaban J connectivity index is 2.28. The summed E-state index contributed by atoms with van der Waals surface area (Å²) in [5.41, 5.74) is 0. The maximum absolute atomic E-state index is 11.3. The van der Waals surface area contributed by atoms with E-state index in [1.165, 1.54) is 6.92 Å². The molecule has 1 heterocycles. The summed E-state index contributed by atoms with van der Waals surface area (Å²) in [5, 5.41) is 2.84. The number of hydrogen-bond acceptors (Lipinski definition) is 3. The van der Waals surface area contributed by atoms with Crippen LogP contribution in [-0.2, 0) is 14.3 Å². The zero-order valence-corrected chi connectivity index (χ0v) is 8.71. The lowest BCUT2D eigenvalue weighted by Crippen LogP contribution is -2.41. The van der Waals surface area contributed by atoms with Gasteiger partial charge in [-0.25, -0.2) is 0 Å². The molecule has 2 unspecified atom stereocenters. The molecule has 0 aromatic rings. The van der Waals surface area contributed by atoms with Crippen molar-refractivity contribution >= 4 is 11.7 Å². The van der Waals surface area contributed by atoms with Gasteiger partial charge in [-0.2, -0.15) is 0 Å². The van der Waals surface area contributed by atoms with Crippen LogP contribution in [-0.4, -0.2) is 30.4 Å². The number of hydrogen-bond donors (Lipinski definition) is 1. The lowest BCUT2D eigenvalue weighted by atomic mass is 10.0. The monoisotopic (exact) mass is 199 g/mol. The summed E-state index contributed by atoms with van der Waals surface area (Å²) >= 11 is 0. The van der Waals surface area contributed by atoms with Crippen molar-refractivity contribution in [3.05, 3.63) is 0 Å². The minimum atomic E-state index is -0.170. The van der Waals surface area contributed by atoms with Crippen molar-refractivity contribution in [2.45, 2.75) is 45.3 Å². The highest BCUT2D eigenvalue weighted by molar-refractivity contribution is 5.96. The fraction of sp³-hybridized carbons (Fsp3) is 0.800. The maximum atomic E-state index is 11.3. The van der Waals surface area contributed by atoms with Crippen molar-refractivity contribution in [1.82, 2.24) is 5.32 Å². The average molecular weight is 199 g/mol. The number of carbonyl (C=O) groups is 2. The first-order chi connectivity index (χ1) is 6.58. The van der Waals surface area contributed by atoms with Crippen molar-refractivity contribution in [2.75, 3.05) is 6.61 Å². The van der Waals surface area contributed by atoms with Gasteiger partial charge < -0.3 is 10.1 Å². The van der Waals surface area contributed by atoms with Gasteiger partial charge in [0.25, 0.3) is 0 Å². The van der Waals surface area contributed by atoms with E-state index in [4.69, 9.17) is 4.74 Å². The summed E-state index contributed by atoms with van der Waals surface area (Å²) in [4.78, 5) is 21.9. The first-order valence-electron chi connectivity index (χ1n) is 4.98. The van der Waals surface area contributed by atoms with Crippen LogP contribution < -0.4 is 5.32 Å². The van der Waals surface area contributed by atoms with Crippen molar-refractivity contribution in [3.63, 3.8) is 0 Å². The molecule has 0 spiro atoms. The number of ether oxygens (including phenoxy) is 1. The predicted octanol–water partition coefficient (Wildman–Crippen LogP) is 0.649. The first kappa shape index (κ1) is 11.2. The van der Waals surface area contributed by atoms with Crippen LogP contribution in [0.25, 0.3) is 0 Å². The van der Waals surface area contributed by atoms with Gasteiger partial charge in [-0.1, -0.05) is 0 Å². The fourth-order valence-electron chi connectivity index (χ4n) is 1.63. The minimum Gasteiger partial charge on any atom is -0.378 e. The number of Topliss-reactive ketones (excluding diaryl/α,β-unsaturated/α-hetero) is 1. The summed E-state index contributed by atoms with van der Waals surface area (Å²) in [6.45, 7) is 4.10. The summed E-state index contributed by atoms with van der Waals surface area (Å²) in [6.07, 6.45) is 1.87. The van der Waals surface area contributed by atoms with Gasteiger partial charge >= 0.3 is 0 Å². The zero-order chi connectivity index (χ0) is 10.6. The molecule has 1 amide bonds. The summed E-state index contributed by atoms with van der Waals surface area (Å²) in [7, 11) is 0. The van der Waals surface area contributed by atoms with Crippen molar-refractivity contribution in [3.8, 4) is 0 Å². The van der Waals surface area contributed by atoms with E-state index in [9.17, 15) is 9.59 Å². The van der Waals surface area contributed by atoms with Gasteiger partial charge in [-0.15, -0.1) is 0 Å². The van der Waals surface area contributed by atoms with E-state index >= 15 is 0 Å². The SMILES string of the molecule is CC(=O)CC(=O)NC1CCOC(C)C1. The average Bonchev–Trinajstić information content (AvgIpc) is 2.01. The number of amides is 1. The molecule has 0 saturated carbocycles. The molecule has 1 fully saturated rings. The van der Waals surface area contributed by atoms with Gasteiger partial charge in [0.05, 0.1) is 12.5 Å². The smallest absolute Gasteiger partial charge is 0.227 e. The predicted molar refractivity (Wildman–Crippen MR) is 51.9 cm³/mol. The normalized spacial score (nSPS) is 27.0. The highest BCUT2D eigenvalue weighted by atomic mass is 16.5. The van der Waals surface area contributed by atoms with Gasteiger partial charge in [-0.3, -0.25) is 9.59 Å². The van der Waals surface area contributed by atoms with Gasteiger partial charge in [0.2, 0.25) is 5.91 Å². The lowest BCUT2D eigenvalue weighted by molar-refractivity contribution is -0.128. The molecule has 1 aliphatic rings. The summed E-state index contributed by atoms with van der Waals surface area (Å²) < 4.78 is 5.35. The second kappa shape index (κ2) is 5.10. The Morgan fingerprint density at radius 3 is 2.79 bits per heavy atom. The van der Waals surface area contributed by atoms with Crippen LogP contribution >= 0.6 is 0 Å².